The number of aromatic nitrogens is 5. The van der Waals surface area contributed by atoms with Crippen molar-refractivity contribution in [1.29, 1.82) is 0 Å². The van der Waals surface area contributed by atoms with E-state index in [2.05, 4.69) is 350 Å². The van der Waals surface area contributed by atoms with Crippen LogP contribution in [0.4, 0.5) is 0 Å². The molecule has 4 aromatic heterocycles. The molecule has 90 heavy (non-hydrogen) atoms. The van der Waals surface area contributed by atoms with Crippen LogP contribution in [0.5, 0.6) is 11.5 Å². The number of pyridine rings is 1. The molecule has 12 aromatic carbocycles. The van der Waals surface area contributed by atoms with Crippen LogP contribution in [0.3, 0.4) is 0 Å². The zero-order chi connectivity index (χ0) is 60.6. The Kier molecular flexibility index (Phi) is 13.5. The van der Waals surface area contributed by atoms with Crippen LogP contribution >= 0.6 is 0 Å². The quantitative estimate of drug-likeness (QED) is 0.128. The molecule has 0 aliphatic rings. The van der Waals surface area contributed by atoms with Crippen molar-refractivity contribution in [3.8, 4) is 84.3 Å². The zero-order valence-corrected chi connectivity index (χ0v) is 52.4. The first kappa shape index (κ1) is 54.7. The second kappa shape index (κ2) is 22.2. The van der Waals surface area contributed by atoms with Gasteiger partial charge in [-0.25, -0.2) is 0 Å². The van der Waals surface area contributed by atoms with E-state index in [9.17, 15) is 0 Å². The number of nitrogens with zero attached hydrogens (tertiary/aromatic N) is 5. The van der Waals surface area contributed by atoms with Gasteiger partial charge < -0.3 is 0 Å². The summed E-state index contributed by atoms with van der Waals surface area (Å²) in [4.78, 5) is 5.21. The van der Waals surface area contributed by atoms with Crippen molar-refractivity contribution in [2.75, 3.05) is 0 Å². The van der Waals surface area contributed by atoms with E-state index >= 15 is 0 Å². The topological polar surface area (TPSA) is 41.3 Å². The molecule has 6 nitrogen and oxygen atoms in total. The van der Waals surface area contributed by atoms with Gasteiger partial charge in [0, 0.05) is 11.8 Å². The summed E-state index contributed by atoms with van der Waals surface area (Å²) in [5, 5.41) is 4.33. The maximum absolute atomic E-state index is 7.23. The van der Waals surface area contributed by atoms with Gasteiger partial charge in [-0.05, 0) is 29.0 Å². The minimum Gasteiger partial charge on any atom is -0.0579 e. The minimum absolute atomic E-state index is 0.0620. The molecular weight excluding hydrogens is 1280 g/mol. The third-order valence-electron chi connectivity index (χ3n) is 17.6. The predicted molar refractivity (Wildman–Crippen MR) is 368 cm³/mol. The molecule has 434 valence electrons. The van der Waals surface area contributed by atoms with Gasteiger partial charge in [0.05, 0.1) is 0 Å². The van der Waals surface area contributed by atoms with E-state index < -0.39 is 0 Å². The Balaban J connectivity index is 0.982. The van der Waals surface area contributed by atoms with Crippen molar-refractivity contribution in [2.45, 2.75) is 33.1 Å². The summed E-state index contributed by atoms with van der Waals surface area (Å²) in [7, 11) is 0. The summed E-state index contributed by atoms with van der Waals surface area (Å²) in [6, 6.07) is 108. The summed E-state index contributed by atoms with van der Waals surface area (Å²) in [6.07, 6.45) is 2.01. The van der Waals surface area contributed by atoms with E-state index in [0.29, 0.717) is 11.5 Å². The van der Waals surface area contributed by atoms with Crippen LogP contribution in [0, 0.1) is 22.9 Å². The smallest absolute Gasteiger partial charge is 0.0579 e. The molecule has 0 saturated heterocycles. The number of aryl methyl sites for hydroxylation is 1. The van der Waals surface area contributed by atoms with Gasteiger partial charge in [0.1, 0.15) is 0 Å². The molecule has 0 bridgehead atoms. The number of hydrogen-bond donors (Lipinski definition) is 0. The van der Waals surface area contributed by atoms with Gasteiger partial charge in [-0.3, -0.25) is 0 Å². The number of imidazole rings is 1. The van der Waals surface area contributed by atoms with Crippen LogP contribution in [0.15, 0.2) is 285 Å². The maximum atomic E-state index is 7.23. The molecule has 0 amide bonds. The Labute approximate surface area is 533 Å². The fraction of sp³-hybridized carbons (Fsp3) is 0.0602. The van der Waals surface area contributed by atoms with Crippen LogP contribution in [-0.2, 0) is 24.8 Å². The SMILES string of the molecule is Cc1cc(-n2c3[c-]c(Oc4[c-]c5c(cc4)n(-c4c(-c6ccccc6)cccc4-c4ccccc4)c4ccccc4c4cccc6c4n5[c](=[Pt])n6-c4c(-c5ccccc5)cccc4-c4ccccc4)ccc3c3ccccc32)ncc1-c1ccc(C(C)(C)C)cc1. The Morgan fingerprint density at radius 2 is 0.822 bits per heavy atom. The van der Waals surface area contributed by atoms with Crippen LogP contribution in [0.2, 0.25) is 0 Å². The Morgan fingerprint density at radius 3 is 1.37 bits per heavy atom. The Morgan fingerprint density at radius 1 is 0.378 bits per heavy atom. The van der Waals surface area contributed by atoms with E-state index in [1.54, 1.807) is 0 Å². The van der Waals surface area contributed by atoms with Crippen molar-refractivity contribution in [3.63, 3.8) is 0 Å². The molecule has 4 heterocycles. The molecular formula is C83H59N5OPt-2. The first-order chi connectivity index (χ1) is 44.1. The van der Waals surface area contributed by atoms with E-state index in [1.165, 1.54) is 5.56 Å². The van der Waals surface area contributed by atoms with Gasteiger partial charge in [0.15, 0.2) is 0 Å². The molecule has 0 saturated carbocycles. The van der Waals surface area contributed by atoms with Crippen LogP contribution in [0.1, 0.15) is 31.9 Å². The summed E-state index contributed by atoms with van der Waals surface area (Å²) in [5.74, 6) is 1.90. The van der Waals surface area contributed by atoms with Crippen molar-refractivity contribution < 1.29 is 24.1 Å². The molecule has 16 rings (SSSR count). The molecule has 0 N–H and O–H groups in total. The van der Waals surface area contributed by atoms with Gasteiger partial charge in [-0.15, -0.1) is 0 Å². The number of fused-ring (bicyclic) bond motifs is 7. The van der Waals surface area contributed by atoms with E-state index in [1.807, 2.05) is 12.3 Å². The number of para-hydroxylation sites is 5. The van der Waals surface area contributed by atoms with E-state index in [4.69, 9.17) is 9.72 Å². The Hall–Kier alpha value is -10.7. The fourth-order valence-corrected chi connectivity index (χ4v) is 14.4. The molecule has 0 atom stereocenters. The second-order valence-corrected chi connectivity index (χ2v) is 25.1. The Bertz CT molecular complexity index is 5440. The number of hydrogen-bond acceptors (Lipinski definition) is 2. The van der Waals surface area contributed by atoms with Gasteiger partial charge in [0.25, 0.3) is 0 Å². The normalized spacial score (nSPS) is 11.8. The van der Waals surface area contributed by atoms with Gasteiger partial charge in [-0.1, -0.05) is 57.2 Å². The minimum atomic E-state index is 0.0620. The third kappa shape index (κ3) is 9.29. The van der Waals surface area contributed by atoms with Crippen LogP contribution in [-0.4, -0.2) is 23.1 Å². The van der Waals surface area contributed by atoms with Crippen molar-refractivity contribution in [2.24, 2.45) is 0 Å². The molecule has 0 aliphatic carbocycles. The fourth-order valence-electron chi connectivity index (χ4n) is 13.4. The number of ether oxygens (including phenoxy) is 1. The van der Waals surface area contributed by atoms with Gasteiger partial charge in [0.2, 0.25) is 0 Å². The third-order valence-corrected chi connectivity index (χ3v) is 18.6. The molecule has 7 heteroatoms. The molecule has 0 fully saturated rings. The molecule has 0 spiro atoms. The summed E-state index contributed by atoms with van der Waals surface area (Å²) < 4.78 is 17.8. The average Bonchev–Trinajstić information content (AvgIpc) is 1.47. The zero-order valence-electron chi connectivity index (χ0n) is 50.1. The van der Waals surface area contributed by atoms with Crippen molar-refractivity contribution in [1.82, 2.24) is 23.1 Å². The second-order valence-electron chi connectivity index (χ2n) is 24.1. The number of benzene rings is 12. The van der Waals surface area contributed by atoms with Crippen molar-refractivity contribution >= 4 is 60.2 Å². The van der Waals surface area contributed by atoms with Crippen LogP contribution in [0.25, 0.3) is 133 Å². The molecule has 0 radical (unpaired) electrons. The average molecular weight is 1340 g/mol. The predicted octanol–water partition coefficient (Wildman–Crippen LogP) is 21.4. The first-order valence-corrected chi connectivity index (χ1v) is 31.7. The standard InChI is InChI=1S/C83H59N5O.Pt/c1-55-50-79(84-53-72(55)60-42-44-61(45-43-60)83(2,3)4)87-73-39-19-17-32-68(73)70-48-46-62(51-77(70)87)89-63-47-49-75-78(52-63)86-54-85(80-64(56-24-9-5-10-25-56)34-21-35-65(80)57-26-11-6-12-27-57)76-41-23-38-71(82(76)86)69-33-18-20-40-74(69)88(75)81-66(58-28-13-7-14-29-58)36-22-37-67(81)59-30-15-8-16-31-59;/h5-50,53H,1-4H3;/q-2;. The van der Waals surface area contributed by atoms with Gasteiger partial charge in [-0.2, -0.15) is 0 Å². The summed E-state index contributed by atoms with van der Waals surface area (Å²) >= 11 is 2.58. The van der Waals surface area contributed by atoms with Crippen LogP contribution < -0.4 is 4.74 Å². The number of rotatable bonds is 10. The monoisotopic (exact) mass is 1340 g/mol. The molecule has 0 unspecified atom stereocenters. The summed E-state index contributed by atoms with van der Waals surface area (Å²) in [6.45, 7) is 8.92. The molecule has 0 aliphatic heterocycles. The van der Waals surface area contributed by atoms with Crippen molar-refractivity contribution in [3.05, 3.63) is 312 Å². The van der Waals surface area contributed by atoms with Gasteiger partial charge >= 0.3 is 439 Å². The summed E-state index contributed by atoms with van der Waals surface area (Å²) in [5.41, 5.74) is 22.5. The molecule has 16 aromatic rings. The van der Waals surface area contributed by atoms with E-state index in [0.717, 1.165) is 142 Å². The first-order valence-electron chi connectivity index (χ1n) is 30.5. The van der Waals surface area contributed by atoms with E-state index in [-0.39, 0.29) is 5.41 Å².